The zero-order valence-electron chi connectivity index (χ0n) is 8.77. The molecule has 0 saturated heterocycles. The predicted molar refractivity (Wildman–Crippen MR) is 67.6 cm³/mol. The van der Waals surface area contributed by atoms with Crippen molar-refractivity contribution in [2.45, 2.75) is 25.6 Å². The van der Waals surface area contributed by atoms with Crippen molar-refractivity contribution in [3.05, 3.63) is 29.8 Å². The summed E-state index contributed by atoms with van der Waals surface area (Å²) >= 11 is 0. The van der Waals surface area contributed by atoms with Gasteiger partial charge < -0.3 is 5.32 Å². The van der Waals surface area contributed by atoms with Crippen LogP contribution in [0.5, 0.6) is 0 Å². The second kappa shape index (κ2) is 6.61. The summed E-state index contributed by atoms with van der Waals surface area (Å²) in [5, 5.41) is 1.83. The number of rotatable bonds is 4. The molecule has 0 heterocycles. The van der Waals surface area contributed by atoms with Crippen LogP contribution >= 0.6 is 0 Å². The van der Waals surface area contributed by atoms with Crippen LogP contribution in [0, 0.1) is 6.92 Å². The van der Waals surface area contributed by atoms with E-state index < -0.39 is 15.5 Å². The molecule has 0 radical (unpaired) electrons. The summed E-state index contributed by atoms with van der Waals surface area (Å²) in [6.07, 6.45) is 0.312. The minimum absolute atomic E-state index is 0. The fraction of sp³-hybridized carbons (Fsp3) is 0.400. The predicted octanol–water partition coefficient (Wildman–Crippen LogP) is 1.38. The second-order valence-corrected chi connectivity index (χ2v) is 5.02. The van der Waals surface area contributed by atoms with E-state index in [2.05, 4.69) is 5.32 Å². The molecule has 1 aromatic rings. The van der Waals surface area contributed by atoms with E-state index in [1.165, 1.54) is 0 Å². The quantitative estimate of drug-likeness (QED) is 0.628. The molecule has 0 spiro atoms. The zero-order chi connectivity index (χ0) is 11.5. The van der Waals surface area contributed by atoms with Gasteiger partial charge in [-0.05, 0) is 31.0 Å². The van der Waals surface area contributed by atoms with Crippen LogP contribution in [0.15, 0.2) is 24.3 Å². The fourth-order valence-electron chi connectivity index (χ4n) is 1.31. The van der Waals surface area contributed by atoms with Gasteiger partial charge in [-0.2, -0.15) is 8.42 Å². The van der Waals surface area contributed by atoms with Gasteiger partial charge in [-0.1, -0.05) is 19.1 Å². The van der Waals surface area contributed by atoms with Gasteiger partial charge in [-0.3, -0.25) is 4.55 Å². The molecule has 4 nitrogen and oxygen atoms in total. The molecule has 86 valence electrons. The van der Waals surface area contributed by atoms with Crippen LogP contribution in [0.3, 0.4) is 0 Å². The Balaban J connectivity index is 0.00000225. The molecule has 0 saturated carbocycles. The Kier molecular flexibility index (Phi) is 6.58. The van der Waals surface area contributed by atoms with Crippen molar-refractivity contribution in [1.29, 1.82) is 0 Å². The topological polar surface area (TPSA) is 66.4 Å². The number of hydrogen-bond donors (Lipinski definition) is 2. The number of nitrogens with one attached hydrogen (secondary N) is 1. The maximum absolute atomic E-state index is 10.9. The van der Waals surface area contributed by atoms with Gasteiger partial charge in [0.1, 0.15) is 0 Å². The van der Waals surface area contributed by atoms with Gasteiger partial charge >= 0.3 is 29.6 Å². The Hall–Kier alpha value is -0.0700. The molecule has 2 N–H and O–H groups in total. The number of hydrogen-bond acceptors (Lipinski definition) is 3. The Morgan fingerprint density at radius 2 is 2.06 bits per heavy atom. The Bertz CT molecular complexity index is 433. The van der Waals surface area contributed by atoms with E-state index in [0.29, 0.717) is 12.1 Å². The molecule has 16 heavy (non-hydrogen) atoms. The molecule has 0 aliphatic rings. The summed E-state index contributed by atoms with van der Waals surface area (Å²) in [5.74, 6) is 0. The van der Waals surface area contributed by atoms with Crippen LogP contribution in [0.4, 0.5) is 5.69 Å². The van der Waals surface area contributed by atoms with Gasteiger partial charge in [0.15, 0.2) is 5.37 Å². The van der Waals surface area contributed by atoms with Crippen molar-refractivity contribution < 1.29 is 13.0 Å². The summed E-state index contributed by atoms with van der Waals surface area (Å²) < 4.78 is 30.8. The first-order valence-electron chi connectivity index (χ1n) is 4.73. The van der Waals surface area contributed by atoms with E-state index in [1.807, 2.05) is 25.1 Å². The van der Waals surface area contributed by atoms with Crippen LogP contribution in [-0.4, -0.2) is 47.9 Å². The monoisotopic (exact) mass is 253 g/mol. The molecule has 0 bridgehead atoms. The first-order valence-corrected chi connectivity index (χ1v) is 6.23. The van der Waals surface area contributed by atoms with Gasteiger partial charge in [-0.25, -0.2) is 0 Å². The van der Waals surface area contributed by atoms with Crippen LogP contribution in [-0.2, 0) is 10.1 Å². The third kappa shape index (κ3) is 4.84. The average molecular weight is 253 g/mol. The summed E-state index contributed by atoms with van der Waals surface area (Å²) in [6.45, 7) is 3.61. The summed E-state index contributed by atoms with van der Waals surface area (Å²) in [5.41, 5.74) is 1.73. The Morgan fingerprint density at radius 1 is 1.44 bits per heavy atom. The molecule has 0 amide bonds. The van der Waals surface area contributed by atoms with Crippen molar-refractivity contribution in [2.24, 2.45) is 0 Å². The van der Waals surface area contributed by atoms with Gasteiger partial charge in [-0.15, -0.1) is 0 Å². The zero-order valence-corrected chi connectivity index (χ0v) is 9.58. The van der Waals surface area contributed by atoms with Crippen LogP contribution in [0.1, 0.15) is 18.9 Å². The third-order valence-corrected chi connectivity index (χ3v) is 3.25. The number of benzene rings is 1. The van der Waals surface area contributed by atoms with Crippen LogP contribution < -0.4 is 5.32 Å². The van der Waals surface area contributed by atoms with Gasteiger partial charge in [0.2, 0.25) is 0 Å². The molecule has 1 aromatic carbocycles. The van der Waals surface area contributed by atoms with E-state index >= 15 is 0 Å². The number of aryl methyl sites for hydroxylation is 1. The maximum atomic E-state index is 10.9. The van der Waals surface area contributed by atoms with Gasteiger partial charge in [0, 0.05) is 5.69 Å². The molecule has 1 atom stereocenters. The average Bonchev–Trinajstić information content (AvgIpc) is 2.12. The molecule has 0 aliphatic carbocycles. The first kappa shape index (κ1) is 15.9. The second-order valence-electron chi connectivity index (χ2n) is 3.43. The van der Waals surface area contributed by atoms with Gasteiger partial charge in [0.05, 0.1) is 0 Å². The first-order chi connectivity index (χ1) is 6.93. The van der Waals surface area contributed by atoms with Crippen LogP contribution in [0.2, 0.25) is 0 Å². The van der Waals surface area contributed by atoms with Crippen molar-refractivity contribution in [2.75, 3.05) is 5.32 Å². The summed E-state index contributed by atoms with van der Waals surface area (Å²) in [7, 11) is -4.04. The van der Waals surface area contributed by atoms with E-state index in [-0.39, 0.29) is 29.6 Å². The normalized spacial score (nSPS) is 12.7. The standard InChI is InChI=1S/C10H15NO3S.Na.H/c1-3-10(15(12,13)14)11-9-6-4-5-8(2)7-9;;/h4-7,10-11H,3H2,1-2H3,(H,12,13,14);;. The molecule has 0 aromatic heterocycles. The molecule has 0 aliphatic heterocycles. The van der Waals surface area contributed by atoms with E-state index in [9.17, 15) is 8.42 Å². The minimum atomic E-state index is -4.04. The molecular weight excluding hydrogens is 237 g/mol. The summed E-state index contributed by atoms with van der Waals surface area (Å²) in [4.78, 5) is 0. The fourth-order valence-corrected chi connectivity index (χ4v) is 2.01. The Labute approximate surface area is 118 Å². The molecule has 0 fully saturated rings. The van der Waals surface area contributed by atoms with Crippen molar-refractivity contribution in [1.82, 2.24) is 0 Å². The SMILES string of the molecule is CCC(Nc1cccc(C)c1)S(=O)(=O)O.[NaH]. The van der Waals surface area contributed by atoms with Crippen LogP contribution in [0.25, 0.3) is 0 Å². The summed E-state index contributed by atoms with van der Waals surface area (Å²) in [6, 6.07) is 7.34. The molecular formula is C10H16NNaO3S. The van der Waals surface area contributed by atoms with Crippen molar-refractivity contribution in [3.8, 4) is 0 Å². The molecule has 1 rings (SSSR count). The third-order valence-electron chi connectivity index (χ3n) is 2.08. The molecule has 6 heteroatoms. The van der Waals surface area contributed by atoms with E-state index in [1.54, 1.807) is 13.0 Å². The van der Waals surface area contributed by atoms with E-state index in [0.717, 1.165) is 5.56 Å². The Morgan fingerprint density at radius 3 is 2.50 bits per heavy atom. The van der Waals surface area contributed by atoms with Crippen molar-refractivity contribution in [3.63, 3.8) is 0 Å². The molecule has 1 unspecified atom stereocenters. The van der Waals surface area contributed by atoms with Crippen molar-refractivity contribution >= 4 is 45.4 Å². The number of anilines is 1. The van der Waals surface area contributed by atoms with Gasteiger partial charge in [0.25, 0.3) is 10.1 Å². The van der Waals surface area contributed by atoms with E-state index in [4.69, 9.17) is 4.55 Å².